The third kappa shape index (κ3) is 1.63. The zero-order chi connectivity index (χ0) is 11.1. The highest BCUT2D eigenvalue weighted by atomic mass is 16.4. The number of aliphatic carboxylic acids is 1. The second-order valence-electron chi connectivity index (χ2n) is 4.26. The monoisotopic (exact) mass is 206 g/mol. The zero-order valence-electron chi connectivity index (χ0n) is 8.60. The van der Waals surface area contributed by atoms with Crippen LogP contribution >= 0.6 is 0 Å². The normalized spacial score (nSPS) is 19.6. The summed E-state index contributed by atoms with van der Waals surface area (Å²) in [6, 6.07) is 7.72. The highest BCUT2D eigenvalue weighted by Gasteiger charge is 2.53. The summed E-state index contributed by atoms with van der Waals surface area (Å²) in [4.78, 5) is 10.8. The Bertz CT molecular complexity index is 376. The van der Waals surface area contributed by atoms with E-state index in [0.29, 0.717) is 0 Å². The summed E-state index contributed by atoms with van der Waals surface area (Å²) >= 11 is 0. The average Bonchev–Trinajstić information content (AvgIpc) is 2.99. The molecule has 2 rings (SSSR count). The Morgan fingerprint density at radius 3 is 2.27 bits per heavy atom. The van der Waals surface area contributed by atoms with Crippen LogP contribution in [0.5, 0.6) is 0 Å². The first kappa shape index (κ1) is 10.2. The molecule has 1 fully saturated rings. The number of carboxylic acids is 1. The van der Waals surface area contributed by atoms with Crippen molar-refractivity contribution in [3.63, 3.8) is 0 Å². The fourth-order valence-corrected chi connectivity index (χ4v) is 1.98. The van der Waals surface area contributed by atoms with Gasteiger partial charge in [-0.05, 0) is 25.3 Å². The predicted molar refractivity (Wildman–Crippen MR) is 55.7 cm³/mol. The van der Waals surface area contributed by atoms with Crippen molar-refractivity contribution in [3.05, 3.63) is 35.4 Å². The molecule has 0 radical (unpaired) electrons. The number of hydrogen-bond acceptors (Lipinski definition) is 2. The summed E-state index contributed by atoms with van der Waals surface area (Å²) in [5.41, 5.74) is 1.54. The average molecular weight is 206 g/mol. The number of carboxylic acid groups (broad SMARTS) is 1. The summed E-state index contributed by atoms with van der Waals surface area (Å²) in [5, 5.41) is 18.5. The van der Waals surface area contributed by atoms with Gasteiger partial charge >= 0.3 is 5.97 Å². The first-order chi connectivity index (χ1) is 7.06. The van der Waals surface area contributed by atoms with Crippen LogP contribution in [0, 0.1) is 6.92 Å². The van der Waals surface area contributed by atoms with Crippen LogP contribution in [0.4, 0.5) is 0 Å². The van der Waals surface area contributed by atoms with Crippen LogP contribution in [0.1, 0.15) is 24.0 Å². The van der Waals surface area contributed by atoms with Crippen LogP contribution in [0.2, 0.25) is 0 Å². The number of aryl methyl sites for hydroxylation is 1. The minimum Gasteiger partial charge on any atom is -0.479 e. The van der Waals surface area contributed by atoms with Gasteiger partial charge in [0, 0.05) is 5.41 Å². The Balaban J connectivity index is 2.30. The number of carbonyl (C=O) groups is 1. The van der Waals surface area contributed by atoms with Crippen molar-refractivity contribution in [2.45, 2.75) is 31.3 Å². The van der Waals surface area contributed by atoms with Crippen molar-refractivity contribution in [2.75, 3.05) is 0 Å². The van der Waals surface area contributed by atoms with Gasteiger partial charge in [-0.1, -0.05) is 29.8 Å². The van der Waals surface area contributed by atoms with E-state index in [1.165, 1.54) is 0 Å². The minimum atomic E-state index is -1.28. The van der Waals surface area contributed by atoms with E-state index in [0.717, 1.165) is 24.0 Å². The molecule has 1 aromatic carbocycles. The van der Waals surface area contributed by atoms with Crippen LogP contribution in [0.3, 0.4) is 0 Å². The van der Waals surface area contributed by atoms with Gasteiger partial charge in [0.05, 0.1) is 0 Å². The number of hydrogen-bond donors (Lipinski definition) is 2. The van der Waals surface area contributed by atoms with Gasteiger partial charge < -0.3 is 10.2 Å². The van der Waals surface area contributed by atoms with Gasteiger partial charge in [-0.25, -0.2) is 4.79 Å². The van der Waals surface area contributed by atoms with E-state index in [9.17, 15) is 9.90 Å². The number of aliphatic hydroxyl groups is 1. The molecule has 3 nitrogen and oxygen atoms in total. The Hall–Kier alpha value is -1.35. The molecule has 0 aliphatic heterocycles. The van der Waals surface area contributed by atoms with Gasteiger partial charge in [0.15, 0.2) is 6.10 Å². The summed E-state index contributed by atoms with van der Waals surface area (Å²) in [5.74, 6) is -1.13. The first-order valence-corrected chi connectivity index (χ1v) is 5.04. The topological polar surface area (TPSA) is 57.5 Å². The van der Waals surface area contributed by atoms with Crippen molar-refractivity contribution in [1.29, 1.82) is 0 Å². The third-order valence-electron chi connectivity index (χ3n) is 3.17. The van der Waals surface area contributed by atoms with Gasteiger partial charge in [0.2, 0.25) is 0 Å². The molecule has 0 aromatic heterocycles. The lowest BCUT2D eigenvalue weighted by molar-refractivity contribution is -0.148. The van der Waals surface area contributed by atoms with Crippen LogP contribution in [0.25, 0.3) is 0 Å². The zero-order valence-corrected chi connectivity index (χ0v) is 8.60. The largest absolute Gasteiger partial charge is 0.479 e. The fraction of sp³-hybridized carbons (Fsp3) is 0.417. The Morgan fingerprint density at radius 2 is 1.87 bits per heavy atom. The van der Waals surface area contributed by atoms with Gasteiger partial charge in [-0.15, -0.1) is 0 Å². The van der Waals surface area contributed by atoms with Crippen LogP contribution in [0.15, 0.2) is 24.3 Å². The molecule has 1 aliphatic carbocycles. The van der Waals surface area contributed by atoms with Gasteiger partial charge in [0.25, 0.3) is 0 Å². The maximum absolute atomic E-state index is 10.8. The van der Waals surface area contributed by atoms with Crippen LogP contribution in [-0.4, -0.2) is 22.3 Å². The SMILES string of the molecule is Cc1ccc(C2(C(O)C(=O)O)CC2)cc1. The lowest BCUT2D eigenvalue weighted by atomic mass is 9.89. The van der Waals surface area contributed by atoms with Gasteiger partial charge in [-0.3, -0.25) is 0 Å². The summed E-state index contributed by atoms with van der Waals surface area (Å²) in [7, 11) is 0. The molecule has 1 atom stereocenters. The first-order valence-electron chi connectivity index (χ1n) is 5.04. The Morgan fingerprint density at radius 1 is 1.33 bits per heavy atom. The molecule has 0 saturated heterocycles. The molecule has 2 N–H and O–H groups in total. The van der Waals surface area contributed by atoms with Crippen molar-refractivity contribution in [3.8, 4) is 0 Å². The number of benzene rings is 1. The smallest absolute Gasteiger partial charge is 0.333 e. The van der Waals surface area contributed by atoms with Gasteiger partial charge in [0.1, 0.15) is 0 Å². The second kappa shape index (κ2) is 3.35. The van der Waals surface area contributed by atoms with Crippen molar-refractivity contribution in [1.82, 2.24) is 0 Å². The molecule has 1 aromatic rings. The molecule has 15 heavy (non-hydrogen) atoms. The molecule has 0 bridgehead atoms. The summed E-state index contributed by atoms with van der Waals surface area (Å²) < 4.78 is 0. The number of aliphatic hydroxyl groups excluding tert-OH is 1. The summed E-state index contributed by atoms with van der Waals surface area (Å²) in [6.45, 7) is 1.98. The summed E-state index contributed by atoms with van der Waals surface area (Å²) in [6.07, 6.45) is 0.229. The standard InChI is InChI=1S/C12H14O3/c1-8-2-4-9(5-3-8)12(6-7-12)10(13)11(14)15/h2-5,10,13H,6-7H2,1H3,(H,14,15). The molecular formula is C12H14O3. The third-order valence-corrected chi connectivity index (χ3v) is 3.17. The van der Waals surface area contributed by atoms with E-state index in [4.69, 9.17) is 5.11 Å². The number of rotatable bonds is 3. The second-order valence-corrected chi connectivity index (χ2v) is 4.26. The highest BCUT2D eigenvalue weighted by Crippen LogP contribution is 2.51. The highest BCUT2D eigenvalue weighted by molar-refractivity contribution is 5.75. The van der Waals surface area contributed by atoms with E-state index in [1.807, 2.05) is 31.2 Å². The molecule has 0 heterocycles. The maximum Gasteiger partial charge on any atom is 0.333 e. The molecule has 1 saturated carbocycles. The molecule has 1 unspecified atom stereocenters. The van der Waals surface area contributed by atoms with Crippen molar-refractivity contribution in [2.24, 2.45) is 0 Å². The molecule has 0 amide bonds. The lowest BCUT2D eigenvalue weighted by Crippen LogP contribution is -2.33. The molecular weight excluding hydrogens is 192 g/mol. The Kier molecular flexibility index (Phi) is 2.27. The van der Waals surface area contributed by atoms with Crippen LogP contribution < -0.4 is 0 Å². The Labute approximate surface area is 88.4 Å². The van der Waals surface area contributed by atoms with Crippen LogP contribution in [-0.2, 0) is 10.2 Å². The quantitative estimate of drug-likeness (QED) is 0.787. The predicted octanol–water partition coefficient (Wildman–Crippen LogP) is 1.47. The maximum atomic E-state index is 10.8. The molecule has 1 aliphatic rings. The molecule has 3 heteroatoms. The van der Waals surface area contributed by atoms with Crippen molar-refractivity contribution >= 4 is 5.97 Å². The van der Waals surface area contributed by atoms with E-state index in [-0.39, 0.29) is 0 Å². The molecule has 80 valence electrons. The van der Waals surface area contributed by atoms with E-state index in [1.54, 1.807) is 0 Å². The van der Waals surface area contributed by atoms with Gasteiger partial charge in [-0.2, -0.15) is 0 Å². The minimum absolute atomic E-state index is 0.528. The van der Waals surface area contributed by atoms with E-state index < -0.39 is 17.5 Å². The molecule has 0 spiro atoms. The fourth-order valence-electron chi connectivity index (χ4n) is 1.98. The van der Waals surface area contributed by atoms with E-state index >= 15 is 0 Å². The van der Waals surface area contributed by atoms with E-state index in [2.05, 4.69) is 0 Å². The lowest BCUT2D eigenvalue weighted by Gasteiger charge is -2.19. The van der Waals surface area contributed by atoms with Crippen molar-refractivity contribution < 1.29 is 15.0 Å².